The van der Waals surface area contributed by atoms with Gasteiger partial charge in [0.15, 0.2) is 6.10 Å². The van der Waals surface area contributed by atoms with Gasteiger partial charge in [-0.3, -0.25) is 0 Å². The van der Waals surface area contributed by atoms with Gasteiger partial charge in [0, 0.05) is 6.54 Å². The minimum absolute atomic E-state index is 0.0991. The molecule has 25 heavy (non-hydrogen) atoms. The van der Waals surface area contributed by atoms with Gasteiger partial charge in [0.1, 0.15) is 5.82 Å². The van der Waals surface area contributed by atoms with Gasteiger partial charge in [-0.15, -0.1) is 0 Å². The molecule has 130 valence electrons. The number of sulfonamides is 1. The summed E-state index contributed by atoms with van der Waals surface area (Å²) in [5.74, 6) is -0.547. The molecule has 1 fully saturated rings. The summed E-state index contributed by atoms with van der Waals surface area (Å²) in [6, 6.07) is 13.3. The summed E-state index contributed by atoms with van der Waals surface area (Å²) in [5.41, 5.74) is 2.11. The molecule has 2 atom stereocenters. The Hall–Kier alpha value is -2.25. The zero-order chi connectivity index (χ0) is 17.6. The van der Waals surface area contributed by atoms with Crippen LogP contribution in [-0.4, -0.2) is 37.6 Å². The average molecular weight is 360 g/mol. The van der Waals surface area contributed by atoms with Crippen molar-refractivity contribution in [2.45, 2.75) is 17.9 Å². The highest BCUT2D eigenvalue weighted by molar-refractivity contribution is 7.89. The maximum absolute atomic E-state index is 13.3. The molecule has 2 aliphatic heterocycles. The van der Waals surface area contributed by atoms with Gasteiger partial charge < -0.3 is 4.84 Å². The van der Waals surface area contributed by atoms with Gasteiger partial charge in [0.2, 0.25) is 10.0 Å². The fraction of sp³-hybridized carbons (Fsp3) is 0.278. The van der Waals surface area contributed by atoms with E-state index in [-0.39, 0.29) is 23.5 Å². The van der Waals surface area contributed by atoms with Crippen molar-refractivity contribution in [1.82, 2.24) is 4.31 Å². The molecule has 7 heteroatoms. The Bertz CT molecular complexity index is 944. The molecule has 2 aromatic carbocycles. The number of oxime groups is 1. The van der Waals surface area contributed by atoms with Crippen LogP contribution in [0.5, 0.6) is 0 Å². The van der Waals surface area contributed by atoms with E-state index in [4.69, 9.17) is 4.84 Å². The lowest BCUT2D eigenvalue weighted by Gasteiger charge is -2.18. The van der Waals surface area contributed by atoms with Gasteiger partial charge in [0.25, 0.3) is 0 Å². The van der Waals surface area contributed by atoms with E-state index < -0.39 is 15.8 Å². The molecule has 0 saturated carbocycles. The van der Waals surface area contributed by atoms with Gasteiger partial charge in [-0.2, -0.15) is 4.31 Å². The van der Waals surface area contributed by atoms with E-state index in [2.05, 4.69) is 5.16 Å². The number of aryl methyl sites for hydroxylation is 1. The molecule has 0 aromatic heterocycles. The molecule has 4 rings (SSSR count). The molecule has 0 spiro atoms. The van der Waals surface area contributed by atoms with Crippen LogP contribution in [0.15, 0.2) is 58.6 Å². The van der Waals surface area contributed by atoms with Crippen LogP contribution in [0.1, 0.15) is 11.1 Å². The SMILES string of the molecule is Cc1cc(F)ccc1S(=O)(=O)N1CC2ON=C(c3ccccc3)C2C1. The van der Waals surface area contributed by atoms with E-state index in [1.54, 1.807) is 6.92 Å². The molecule has 2 aromatic rings. The highest BCUT2D eigenvalue weighted by atomic mass is 32.2. The average Bonchev–Trinajstić information content (AvgIpc) is 3.16. The number of hydrogen-bond acceptors (Lipinski definition) is 4. The lowest BCUT2D eigenvalue weighted by Crippen LogP contribution is -2.31. The number of fused-ring (bicyclic) bond motifs is 1. The zero-order valence-electron chi connectivity index (χ0n) is 13.6. The molecular weight excluding hydrogens is 343 g/mol. The first-order chi connectivity index (χ1) is 12.0. The van der Waals surface area contributed by atoms with Gasteiger partial charge >= 0.3 is 0 Å². The van der Waals surface area contributed by atoms with Crippen molar-refractivity contribution in [3.8, 4) is 0 Å². The maximum Gasteiger partial charge on any atom is 0.243 e. The first-order valence-electron chi connectivity index (χ1n) is 8.02. The maximum atomic E-state index is 13.3. The van der Waals surface area contributed by atoms with Crippen molar-refractivity contribution in [3.05, 3.63) is 65.5 Å². The summed E-state index contributed by atoms with van der Waals surface area (Å²) < 4.78 is 40.6. The van der Waals surface area contributed by atoms with Crippen molar-refractivity contribution in [3.63, 3.8) is 0 Å². The molecule has 0 bridgehead atoms. The van der Waals surface area contributed by atoms with Crippen LogP contribution in [0.4, 0.5) is 4.39 Å². The monoisotopic (exact) mass is 360 g/mol. The lowest BCUT2D eigenvalue weighted by atomic mass is 9.95. The van der Waals surface area contributed by atoms with Crippen LogP contribution >= 0.6 is 0 Å². The van der Waals surface area contributed by atoms with Gasteiger partial charge in [-0.05, 0) is 36.2 Å². The van der Waals surface area contributed by atoms with E-state index in [0.717, 1.165) is 11.3 Å². The fourth-order valence-corrected chi connectivity index (χ4v) is 5.10. The Labute approximate surface area is 145 Å². The standard InChI is InChI=1S/C18H17FN2O3S/c1-12-9-14(19)7-8-17(12)25(22,23)21-10-15-16(11-21)24-20-18(15)13-5-3-2-4-6-13/h2-9,15-16H,10-11H2,1H3. The molecule has 2 unspecified atom stereocenters. The third-order valence-electron chi connectivity index (χ3n) is 4.69. The second kappa shape index (κ2) is 5.93. The van der Waals surface area contributed by atoms with E-state index in [1.807, 2.05) is 30.3 Å². The first kappa shape index (κ1) is 16.2. The van der Waals surface area contributed by atoms with Crippen LogP contribution in [0.3, 0.4) is 0 Å². The number of hydrogen-bond donors (Lipinski definition) is 0. The summed E-state index contributed by atoms with van der Waals surface area (Å²) in [7, 11) is -3.70. The van der Waals surface area contributed by atoms with Crippen molar-refractivity contribution in [2.24, 2.45) is 11.1 Å². The number of nitrogens with zero attached hydrogens (tertiary/aromatic N) is 2. The van der Waals surface area contributed by atoms with Crippen molar-refractivity contribution in [2.75, 3.05) is 13.1 Å². The van der Waals surface area contributed by atoms with Crippen molar-refractivity contribution < 1.29 is 17.6 Å². The smallest absolute Gasteiger partial charge is 0.243 e. The second-order valence-electron chi connectivity index (χ2n) is 6.32. The van der Waals surface area contributed by atoms with E-state index in [9.17, 15) is 12.8 Å². The summed E-state index contributed by atoms with van der Waals surface area (Å²) in [6.07, 6.45) is -0.286. The minimum Gasteiger partial charge on any atom is -0.390 e. The predicted octanol–water partition coefficient (Wildman–Crippen LogP) is 2.56. The predicted molar refractivity (Wildman–Crippen MR) is 91.2 cm³/mol. The van der Waals surface area contributed by atoms with E-state index in [0.29, 0.717) is 12.1 Å². The van der Waals surface area contributed by atoms with Crippen LogP contribution in [-0.2, 0) is 14.9 Å². The molecule has 2 aliphatic rings. The molecular formula is C18H17FN2O3S. The Kier molecular flexibility index (Phi) is 3.85. The Morgan fingerprint density at radius 2 is 1.92 bits per heavy atom. The molecule has 0 aliphatic carbocycles. The largest absolute Gasteiger partial charge is 0.390 e. The topological polar surface area (TPSA) is 59.0 Å². The summed E-state index contributed by atoms with van der Waals surface area (Å²) >= 11 is 0. The second-order valence-corrected chi connectivity index (χ2v) is 8.23. The van der Waals surface area contributed by atoms with E-state index in [1.165, 1.54) is 22.5 Å². The van der Waals surface area contributed by atoms with Crippen molar-refractivity contribution in [1.29, 1.82) is 0 Å². The highest BCUT2D eigenvalue weighted by Gasteiger charge is 2.47. The van der Waals surface area contributed by atoms with Gasteiger partial charge in [-0.1, -0.05) is 35.5 Å². The summed E-state index contributed by atoms with van der Waals surface area (Å²) in [4.78, 5) is 5.61. The minimum atomic E-state index is -3.70. The van der Waals surface area contributed by atoms with Crippen LogP contribution in [0.25, 0.3) is 0 Å². The fourth-order valence-electron chi connectivity index (χ4n) is 3.41. The van der Waals surface area contributed by atoms with Gasteiger partial charge in [-0.25, -0.2) is 12.8 Å². The Morgan fingerprint density at radius 1 is 1.16 bits per heavy atom. The third-order valence-corrected chi connectivity index (χ3v) is 6.69. The van der Waals surface area contributed by atoms with Crippen LogP contribution < -0.4 is 0 Å². The van der Waals surface area contributed by atoms with E-state index >= 15 is 0 Å². The van der Waals surface area contributed by atoms with Crippen molar-refractivity contribution >= 4 is 15.7 Å². The summed E-state index contributed by atoms with van der Waals surface area (Å²) in [6.45, 7) is 2.14. The zero-order valence-corrected chi connectivity index (χ0v) is 14.4. The van der Waals surface area contributed by atoms with Crippen LogP contribution in [0.2, 0.25) is 0 Å². The number of halogens is 1. The number of rotatable bonds is 3. The Morgan fingerprint density at radius 3 is 2.64 bits per heavy atom. The molecule has 2 heterocycles. The molecule has 0 amide bonds. The molecule has 0 radical (unpaired) electrons. The Balaban J connectivity index is 1.62. The van der Waals surface area contributed by atoms with Crippen LogP contribution in [0, 0.1) is 18.7 Å². The quantitative estimate of drug-likeness (QED) is 0.845. The number of benzene rings is 2. The lowest BCUT2D eigenvalue weighted by molar-refractivity contribution is 0.0803. The first-order valence-corrected chi connectivity index (χ1v) is 9.46. The molecule has 1 saturated heterocycles. The van der Waals surface area contributed by atoms with Gasteiger partial charge in [0.05, 0.1) is 23.1 Å². The third kappa shape index (κ3) is 2.73. The highest BCUT2D eigenvalue weighted by Crippen LogP contribution is 2.33. The summed E-state index contributed by atoms with van der Waals surface area (Å²) in [5, 5.41) is 4.15. The molecule has 0 N–H and O–H groups in total. The normalized spacial score (nSPS) is 23.2. The molecule has 5 nitrogen and oxygen atoms in total.